The molecule has 0 aliphatic carbocycles. The number of halogens is 1. The van der Waals surface area contributed by atoms with E-state index < -0.39 is 29.6 Å². The number of amides is 2. The summed E-state index contributed by atoms with van der Waals surface area (Å²) in [4.78, 5) is 45.3. The molecule has 0 saturated heterocycles. The van der Waals surface area contributed by atoms with E-state index in [1.54, 1.807) is 48.5 Å². The second-order valence-corrected chi connectivity index (χ2v) is 10.4. The van der Waals surface area contributed by atoms with Gasteiger partial charge in [-0.25, -0.2) is 14.2 Å². The van der Waals surface area contributed by atoms with E-state index in [0.717, 1.165) is 5.56 Å². The van der Waals surface area contributed by atoms with Crippen molar-refractivity contribution in [2.24, 2.45) is 0 Å². The van der Waals surface area contributed by atoms with Gasteiger partial charge in [-0.1, -0.05) is 18.2 Å². The quantitative estimate of drug-likeness (QED) is 0.0773. The molecular formula is C30H30FN11O4. The summed E-state index contributed by atoms with van der Waals surface area (Å²) < 4.78 is 15.1. The minimum Gasteiger partial charge on any atom is -0.480 e. The van der Waals surface area contributed by atoms with Gasteiger partial charge in [-0.15, -0.1) is 10.2 Å². The maximum absolute atomic E-state index is 15.1. The Morgan fingerprint density at radius 3 is 2.46 bits per heavy atom. The highest BCUT2D eigenvalue weighted by molar-refractivity contribution is 6.00. The number of nitrogens with one attached hydrogen (secondary N) is 3. The Labute approximate surface area is 260 Å². The molecule has 5 aromatic rings. The van der Waals surface area contributed by atoms with E-state index in [9.17, 15) is 19.5 Å². The molecule has 0 aliphatic heterocycles. The van der Waals surface area contributed by atoms with E-state index in [-0.39, 0.29) is 53.5 Å². The van der Waals surface area contributed by atoms with E-state index in [4.69, 9.17) is 17.2 Å². The maximum atomic E-state index is 15.1. The number of aromatic nitrogens is 6. The van der Waals surface area contributed by atoms with Crippen LogP contribution in [-0.4, -0.2) is 66.1 Å². The number of nitrogens with two attached hydrogens (primary N) is 3. The number of nitrogen functional groups attached to an aromatic ring is 3. The van der Waals surface area contributed by atoms with Crippen LogP contribution < -0.4 is 27.8 Å². The number of aromatic amines is 1. The molecule has 46 heavy (non-hydrogen) atoms. The number of hydrogen-bond acceptors (Lipinski definition) is 11. The van der Waals surface area contributed by atoms with Gasteiger partial charge in [-0.05, 0) is 78.4 Å². The monoisotopic (exact) mass is 627 g/mol. The van der Waals surface area contributed by atoms with Crippen LogP contribution in [0.15, 0.2) is 54.6 Å². The minimum absolute atomic E-state index is 0.0321. The largest absolute Gasteiger partial charge is 0.480 e. The molecule has 0 aliphatic rings. The van der Waals surface area contributed by atoms with Gasteiger partial charge in [0.1, 0.15) is 17.7 Å². The Morgan fingerprint density at radius 1 is 0.957 bits per heavy atom. The van der Waals surface area contributed by atoms with E-state index >= 15 is 4.39 Å². The van der Waals surface area contributed by atoms with Gasteiger partial charge in [0.15, 0.2) is 0 Å². The molecule has 5 rings (SSSR count). The maximum Gasteiger partial charge on any atom is 0.326 e. The number of H-pyrrole nitrogens is 1. The van der Waals surface area contributed by atoms with Crippen molar-refractivity contribution in [3.63, 3.8) is 0 Å². The summed E-state index contributed by atoms with van der Waals surface area (Å²) in [6.45, 7) is 0.148. The van der Waals surface area contributed by atoms with Crippen LogP contribution in [0.4, 0.5) is 21.8 Å². The van der Waals surface area contributed by atoms with Gasteiger partial charge in [0, 0.05) is 23.4 Å². The molecule has 0 radical (unpaired) electrons. The van der Waals surface area contributed by atoms with Crippen molar-refractivity contribution in [3.05, 3.63) is 82.7 Å². The van der Waals surface area contributed by atoms with Crippen LogP contribution in [0.3, 0.4) is 0 Å². The first kappa shape index (κ1) is 31.2. The van der Waals surface area contributed by atoms with Gasteiger partial charge in [0.2, 0.25) is 11.8 Å². The molecule has 10 N–H and O–H groups in total. The lowest BCUT2D eigenvalue weighted by molar-refractivity contribution is -0.139. The van der Waals surface area contributed by atoms with Crippen LogP contribution in [0.25, 0.3) is 22.3 Å². The van der Waals surface area contributed by atoms with Crippen LogP contribution >= 0.6 is 0 Å². The molecule has 0 saturated carbocycles. The summed E-state index contributed by atoms with van der Waals surface area (Å²) >= 11 is 0. The van der Waals surface area contributed by atoms with Crippen molar-refractivity contribution in [1.82, 2.24) is 41.2 Å². The molecule has 2 aromatic heterocycles. The minimum atomic E-state index is -1.21. The van der Waals surface area contributed by atoms with Crippen molar-refractivity contribution in [1.29, 1.82) is 0 Å². The Balaban J connectivity index is 1.13. The second kappa shape index (κ2) is 13.6. The number of carbonyl (C=O) groups excluding carboxylic acids is 2. The number of aryl methyl sites for hydroxylation is 2. The molecule has 0 bridgehead atoms. The molecule has 15 nitrogen and oxygen atoms in total. The molecule has 3 aromatic carbocycles. The zero-order valence-electron chi connectivity index (χ0n) is 24.3. The number of fused-ring (bicyclic) bond motifs is 1. The molecule has 2 heterocycles. The third-order valence-corrected chi connectivity index (χ3v) is 7.26. The third-order valence-electron chi connectivity index (χ3n) is 7.26. The number of carbonyl (C=O) groups is 3. The Kier molecular flexibility index (Phi) is 9.25. The van der Waals surface area contributed by atoms with Crippen LogP contribution in [0.2, 0.25) is 0 Å². The Bertz CT molecular complexity index is 1900. The number of aliphatic carboxylic acids is 1. The van der Waals surface area contributed by atoms with Crippen molar-refractivity contribution in [2.75, 3.05) is 23.7 Å². The summed E-state index contributed by atoms with van der Waals surface area (Å²) in [6.07, 6.45) is 1.16. The number of nitrogens with zero attached hydrogens (tertiary/aromatic N) is 5. The lowest BCUT2D eigenvalue weighted by Gasteiger charge is -2.15. The number of rotatable bonds is 12. The average molecular weight is 628 g/mol. The molecule has 2 amide bonds. The van der Waals surface area contributed by atoms with E-state index in [1.165, 1.54) is 6.07 Å². The molecule has 236 valence electrons. The van der Waals surface area contributed by atoms with Crippen molar-refractivity contribution < 1.29 is 23.9 Å². The van der Waals surface area contributed by atoms with E-state index in [2.05, 4.69) is 41.2 Å². The molecule has 0 spiro atoms. The van der Waals surface area contributed by atoms with Crippen molar-refractivity contribution in [3.8, 4) is 11.4 Å². The number of hydrogen-bond donors (Lipinski definition) is 7. The number of benzene rings is 3. The summed E-state index contributed by atoms with van der Waals surface area (Å²) in [5, 5.41) is 28.7. The van der Waals surface area contributed by atoms with Crippen LogP contribution in [0.1, 0.15) is 44.7 Å². The van der Waals surface area contributed by atoms with Gasteiger partial charge >= 0.3 is 5.97 Å². The smallest absolute Gasteiger partial charge is 0.326 e. The third kappa shape index (κ3) is 7.12. The first-order chi connectivity index (χ1) is 22.1. The topological polar surface area (TPSA) is 254 Å². The van der Waals surface area contributed by atoms with E-state index in [1.807, 2.05) is 0 Å². The molecule has 16 heteroatoms. The van der Waals surface area contributed by atoms with Gasteiger partial charge in [0.25, 0.3) is 11.8 Å². The average Bonchev–Trinajstić information content (AvgIpc) is 3.57. The van der Waals surface area contributed by atoms with Gasteiger partial charge < -0.3 is 32.9 Å². The fraction of sp³-hybridized carbons (Fsp3) is 0.200. The predicted molar refractivity (Wildman–Crippen MR) is 167 cm³/mol. The highest BCUT2D eigenvalue weighted by atomic mass is 19.1. The number of carboxylic acid groups (broad SMARTS) is 1. The number of anilines is 3. The first-order valence-corrected chi connectivity index (χ1v) is 14.1. The van der Waals surface area contributed by atoms with Crippen LogP contribution in [-0.2, 0) is 17.6 Å². The second-order valence-electron chi connectivity index (χ2n) is 10.4. The van der Waals surface area contributed by atoms with Gasteiger partial charge in [-0.2, -0.15) is 10.2 Å². The van der Waals surface area contributed by atoms with Crippen molar-refractivity contribution >= 4 is 46.1 Å². The highest BCUT2D eigenvalue weighted by Gasteiger charge is 2.21. The summed E-state index contributed by atoms with van der Waals surface area (Å²) in [5.74, 6) is -2.58. The standard InChI is InChI=1S/C30H30FN11O4/c31-24-16(9-12-21-23(24)25(33)38-30(34)37-21)6-3-15-4-7-17(8-5-15)27(43)36-22(29(45)46)2-1-13-35-28(44)19-11-10-18(32)14-20(19)26-39-41-42-40-26/h4-5,7-12,14,22H,1-3,6,13,32H2,(H,35,44)(H,36,43)(H,45,46)(H4,33,34,37,38)(H,39,40,41,42)/t22-/m0/s1. The lowest BCUT2D eigenvalue weighted by atomic mass is 10.0. The molecular weight excluding hydrogens is 597 g/mol. The molecule has 0 unspecified atom stereocenters. The highest BCUT2D eigenvalue weighted by Crippen LogP contribution is 2.26. The van der Waals surface area contributed by atoms with Crippen LogP contribution in [0.5, 0.6) is 0 Å². The SMILES string of the molecule is Nc1ccc(C(=O)NCCC[C@H](NC(=O)c2ccc(CCc3ccc4nc(N)nc(N)c4c3F)cc2)C(=O)O)c(-c2nn[nH]n2)c1. The number of tetrazole rings is 1. The predicted octanol–water partition coefficient (Wildman–Crippen LogP) is 1.87. The summed E-state index contributed by atoms with van der Waals surface area (Å²) in [5.41, 5.74) is 20.2. The Hall–Kier alpha value is -6.19. The zero-order chi connectivity index (χ0) is 32.8. The summed E-state index contributed by atoms with van der Waals surface area (Å²) in [7, 11) is 0. The molecule has 1 atom stereocenters. The Morgan fingerprint density at radius 2 is 1.74 bits per heavy atom. The fourth-order valence-corrected chi connectivity index (χ4v) is 4.89. The normalized spacial score (nSPS) is 11.7. The first-order valence-electron chi connectivity index (χ1n) is 14.1. The fourth-order valence-electron chi connectivity index (χ4n) is 4.89. The van der Waals surface area contributed by atoms with Gasteiger partial charge in [0.05, 0.1) is 16.5 Å². The lowest BCUT2D eigenvalue weighted by Crippen LogP contribution is -2.41. The van der Waals surface area contributed by atoms with Crippen molar-refractivity contribution in [2.45, 2.75) is 31.7 Å². The zero-order valence-corrected chi connectivity index (χ0v) is 24.3. The van der Waals surface area contributed by atoms with Gasteiger partial charge in [-0.3, -0.25) is 9.59 Å². The summed E-state index contributed by atoms with van der Waals surface area (Å²) in [6, 6.07) is 13.3. The van der Waals surface area contributed by atoms with E-state index in [0.29, 0.717) is 35.2 Å². The van der Waals surface area contributed by atoms with Crippen LogP contribution in [0, 0.1) is 5.82 Å². The molecule has 0 fully saturated rings. The number of carboxylic acids is 1.